The van der Waals surface area contributed by atoms with E-state index in [0.29, 0.717) is 27.9 Å². The summed E-state index contributed by atoms with van der Waals surface area (Å²) in [6.45, 7) is 0.618. The summed E-state index contributed by atoms with van der Waals surface area (Å²) >= 11 is 12.0. The molecule has 0 heterocycles. The molecule has 0 spiro atoms. The number of halogens is 3. The van der Waals surface area contributed by atoms with Crippen molar-refractivity contribution in [2.45, 2.75) is 6.42 Å². The second kappa shape index (κ2) is 9.63. The Morgan fingerprint density at radius 2 is 1.74 bits per heavy atom. The summed E-state index contributed by atoms with van der Waals surface area (Å²) in [7, 11) is 1.47. The van der Waals surface area contributed by atoms with Crippen molar-refractivity contribution >= 4 is 41.5 Å². The van der Waals surface area contributed by atoms with Crippen LogP contribution < -0.4 is 15.6 Å². The molecule has 2 rings (SSSR count). The molecule has 2 aromatic carbocycles. The molecule has 4 nitrogen and oxygen atoms in total. The number of ether oxygens (including phenoxy) is 1. The molecule has 0 aromatic heterocycles. The first-order valence-electron chi connectivity index (χ1n) is 6.72. The van der Waals surface area contributed by atoms with Crippen LogP contribution in [0, 0.1) is 0 Å². The third kappa shape index (κ3) is 5.59. The predicted octanol–water partition coefficient (Wildman–Crippen LogP) is 3.90. The van der Waals surface area contributed by atoms with Crippen molar-refractivity contribution in [2.75, 3.05) is 13.7 Å². The lowest BCUT2D eigenvalue weighted by Gasteiger charge is -2.10. The van der Waals surface area contributed by atoms with Gasteiger partial charge in [0.2, 0.25) is 0 Å². The molecule has 124 valence electrons. The summed E-state index contributed by atoms with van der Waals surface area (Å²) < 4.78 is 5.05. The third-order valence-corrected chi connectivity index (χ3v) is 3.61. The highest BCUT2D eigenvalue weighted by Gasteiger charge is 2.13. The number of hydrogen-bond donors (Lipinski definition) is 2. The highest BCUT2D eigenvalue weighted by Crippen LogP contribution is 2.33. The molecule has 0 bridgehead atoms. The van der Waals surface area contributed by atoms with Crippen molar-refractivity contribution in [3.05, 3.63) is 63.6 Å². The van der Waals surface area contributed by atoms with Gasteiger partial charge >= 0.3 is 0 Å². The molecule has 0 unspecified atom stereocenters. The van der Waals surface area contributed by atoms with Gasteiger partial charge in [-0.25, -0.2) is 5.43 Å². The molecule has 23 heavy (non-hydrogen) atoms. The minimum absolute atomic E-state index is 0. The van der Waals surface area contributed by atoms with Crippen molar-refractivity contribution in [3.8, 4) is 5.75 Å². The largest absolute Gasteiger partial charge is 0.494 e. The molecule has 2 N–H and O–H groups in total. The average molecular weight is 376 g/mol. The Labute approximate surface area is 151 Å². The summed E-state index contributed by atoms with van der Waals surface area (Å²) in [5.74, 6) is 0.0523. The molecule has 1 amide bonds. The first kappa shape index (κ1) is 19.6. The van der Waals surface area contributed by atoms with E-state index in [0.717, 1.165) is 6.42 Å². The van der Waals surface area contributed by atoms with Crippen molar-refractivity contribution in [2.24, 2.45) is 0 Å². The van der Waals surface area contributed by atoms with Gasteiger partial charge in [-0.15, -0.1) is 12.4 Å². The van der Waals surface area contributed by atoms with Crippen molar-refractivity contribution in [3.63, 3.8) is 0 Å². The third-order valence-electron chi connectivity index (χ3n) is 3.05. The van der Waals surface area contributed by atoms with E-state index in [-0.39, 0.29) is 18.3 Å². The fraction of sp³-hybridized carbons (Fsp3) is 0.188. The maximum atomic E-state index is 12.0. The maximum absolute atomic E-state index is 12.0. The molecule has 0 atom stereocenters. The molecular formula is C16H17Cl3N2O2. The number of amides is 1. The zero-order chi connectivity index (χ0) is 15.9. The van der Waals surface area contributed by atoms with Crippen LogP contribution in [0.25, 0.3) is 0 Å². The molecule has 0 aliphatic heterocycles. The Morgan fingerprint density at radius 3 is 2.30 bits per heavy atom. The van der Waals surface area contributed by atoms with Gasteiger partial charge in [0, 0.05) is 12.1 Å². The topological polar surface area (TPSA) is 50.4 Å². The van der Waals surface area contributed by atoms with Crippen LogP contribution in [-0.4, -0.2) is 19.6 Å². The fourth-order valence-electron chi connectivity index (χ4n) is 1.95. The van der Waals surface area contributed by atoms with Gasteiger partial charge in [0.05, 0.1) is 17.2 Å². The van der Waals surface area contributed by atoms with Crippen LogP contribution in [0.15, 0.2) is 42.5 Å². The zero-order valence-corrected chi connectivity index (χ0v) is 14.8. The summed E-state index contributed by atoms with van der Waals surface area (Å²) in [6, 6.07) is 13.0. The number of hydrogen-bond acceptors (Lipinski definition) is 3. The van der Waals surface area contributed by atoms with Crippen LogP contribution in [0.1, 0.15) is 15.9 Å². The molecule has 2 aromatic rings. The number of carbonyl (C=O) groups excluding carboxylic acids is 1. The van der Waals surface area contributed by atoms with Gasteiger partial charge in [-0.2, -0.15) is 0 Å². The van der Waals surface area contributed by atoms with Gasteiger partial charge in [-0.1, -0.05) is 53.5 Å². The van der Waals surface area contributed by atoms with E-state index in [9.17, 15) is 4.79 Å². The lowest BCUT2D eigenvalue weighted by atomic mass is 10.2. The fourth-order valence-corrected chi connectivity index (χ4v) is 2.59. The summed E-state index contributed by atoms with van der Waals surface area (Å²) in [5, 5.41) is 0.592. The van der Waals surface area contributed by atoms with Crippen LogP contribution in [0.3, 0.4) is 0 Å². The van der Waals surface area contributed by atoms with E-state index in [1.165, 1.54) is 24.8 Å². The standard InChI is InChI=1S/C16H16Cl2N2O2.ClH/c1-22-15-13(17)9-12(10-14(15)18)16(21)20-19-8-7-11-5-3-2-4-6-11;/h2-6,9-10,19H,7-8H2,1H3,(H,20,21);1H. The first-order valence-corrected chi connectivity index (χ1v) is 7.47. The molecule has 0 aliphatic rings. The number of hydrazine groups is 1. The lowest BCUT2D eigenvalue weighted by molar-refractivity contribution is 0.0933. The smallest absolute Gasteiger partial charge is 0.265 e. The van der Waals surface area contributed by atoms with E-state index in [4.69, 9.17) is 27.9 Å². The highest BCUT2D eigenvalue weighted by molar-refractivity contribution is 6.37. The van der Waals surface area contributed by atoms with Gasteiger partial charge < -0.3 is 4.74 Å². The number of rotatable bonds is 6. The summed E-state index contributed by atoms with van der Waals surface area (Å²) in [5.41, 5.74) is 7.05. The van der Waals surface area contributed by atoms with Crippen molar-refractivity contribution < 1.29 is 9.53 Å². The first-order chi connectivity index (χ1) is 10.6. The van der Waals surface area contributed by atoms with Gasteiger partial charge in [-0.05, 0) is 24.1 Å². The Balaban J connectivity index is 0.00000264. The second-order valence-electron chi connectivity index (χ2n) is 4.59. The summed E-state index contributed by atoms with van der Waals surface area (Å²) in [4.78, 5) is 12.0. The SMILES string of the molecule is COc1c(Cl)cc(C(=O)NNCCc2ccccc2)cc1Cl.Cl. The van der Waals surface area contributed by atoms with E-state index >= 15 is 0 Å². The van der Waals surface area contributed by atoms with Gasteiger partial charge in [0.25, 0.3) is 5.91 Å². The normalized spacial score (nSPS) is 9.87. The minimum Gasteiger partial charge on any atom is -0.494 e. The van der Waals surface area contributed by atoms with Crippen molar-refractivity contribution in [1.29, 1.82) is 0 Å². The molecule has 0 aliphatic carbocycles. The van der Waals surface area contributed by atoms with Crippen LogP contribution >= 0.6 is 35.6 Å². The van der Waals surface area contributed by atoms with Gasteiger partial charge in [0.1, 0.15) is 0 Å². The van der Waals surface area contributed by atoms with Crippen molar-refractivity contribution in [1.82, 2.24) is 10.9 Å². The van der Waals surface area contributed by atoms with Crippen LogP contribution in [0.4, 0.5) is 0 Å². The molecule has 0 fully saturated rings. The molecule has 0 saturated carbocycles. The lowest BCUT2D eigenvalue weighted by Crippen LogP contribution is -2.38. The predicted molar refractivity (Wildman–Crippen MR) is 95.9 cm³/mol. The van der Waals surface area contributed by atoms with E-state index < -0.39 is 0 Å². The molecule has 0 saturated heterocycles. The maximum Gasteiger partial charge on any atom is 0.265 e. The molecule has 7 heteroatoms. The Morgan fingerprint density at radius 1 is 1.13 bits per heavy atom. The summed E-state index contributed by atoms with van der Waals surface area (Å²) in [6.07, 6.45) is 0.811. The van der Waals surface area contributed by atoms with E-state index in [1.807, 2.05) is 30.3 Å². The van der Waals surface area contributed by atoms with Crippen LogP contribution in [-0.2, 0) is 6.42 Å². The quantitative estimate of drug-likeness (QED) is 0.595. The number of nitrogens with one attached hydrogen (secondary N) is 2. The van der Waals surface area contributed by atoms with Crippen LogP contribution in [0.5, 0.6) is 5.75 Å². The average Bonchev–Trinajstić information content (AvgIpc) is 2.52. The monoisotopic (exact) mass is 374 g/mol. The Hall–Kier alpha value is -1.46. The van der Waals surface area contributed by atoms with Gasteiger partial charge in [0.15, 0.2) is 5.75 Å². The second-order valence-corrected chi connectivity index (χ2v) is 5.40. The number of benzene rings is 2. The highest BCUT2D eigenvalue weighted by atomic mass is 35.5. The van der Waals surface area contributed by atoms with E-state index in [1.54, 1.807) is 0 Å². The number of methoxy groups -OCH3 is 1. The van der Waals surface area contributed by atoms with Gasteiger partial charge in [-0.3, -0.25) is 10.2 Å². The van der Waals surface area contributed by atoms with E-state index in [2.05, 4.69) is 10.9 Å². The molecular weight excluding hydrogens is 359 g/mol. The minimum atomic E-state index is -0.306. The Bertz CT molecular complexity index is 628. The Kier molecular flexibility index (Phi) is 8.20. The number of carbonyl (C=O) groups is 1. The zero-order valence-electron chi connectivity index (χ0n) is 12.4. The molecule has 0 radical (unpaired) electrons. The van der Waals surface area contributed by atoms with Crippen LogP contribution in [0.2, 0.25) is 10.0 Å².